The minimum absolute atomic E-state index is 0.232. The fourth-order valence-corrected chi connectivity index (χ4v) is 2.87. The summed E-state index contributed by atoms with van der Waals surface area (Å²) in [6, 6.07) is 8.40. The summed E-state index contributed by atoms with van der Waals surface area (Å²) in [6.07, 6.45) is 4.44. The number of benzene rings is 1. The second-order valence-corrected chi connectivity index (χ2v) is 5.85. The predicted molar refractivity (Wildman–Crippen MR) is 80.5 cm³/mol. The van der Waals surface area contributed by atoms with Crippen molar-refractivity contribution in [2.24, 2.45) is 5.92 Å². The van der Waals surface area contributed by atoms with Crippen LogP contribution >= 0.6 is 0 Å². The molecule has 3 nitrogen and oxygen atoms in total. The van der Waals surface area contributed by atoms with Gasteiger partial charge in [0.15, 0.2) is 0 Å². The summed E-state index contributed by atoms with van der Waals surface area (Å²) in [5.41, 5.74) is 2.48. The Kier molecular flexibility index (Phi) is 5.60. The van der Waals surface area contributed by atoms with Crippen molar-refractivity contribution in [3.8, 4) is 0 Å². The van der Waals surface area contributed by atoms with Crippen LogP contribution in [-0.2, 0) is 11.2 Å². The van der Waals surface area contributed by atoms with E-state index in [1.165, 1.54) is 11.1 Å². The summed E-state index contributed by atoms with van der Waals surface area (Å²) in [6.45, 7) is 4.02. The fourth-order valence-electron chi connectivity index (χ4n) is 2.87. The van der Waals surface area contributed by atoms with Crippen LogP contribution in [0.15, 0.2) is 24.3 Å². The predicted octanol–water partition coefficient (Wildman–Crippen LogP) is 2.55. The summed E-state index contributed by atoms with van der Waals surface area (Å²) in [7, 11) is 0. The molecule has 0 bridgehead atoms. The number of aryl methyl sites for hydroxylation is 2. The Bertz CT molecular complexity index is 425. The maximum atomic E-state index is 12.3. The summed E-state index contributed by atoms with van der Waals surface area (Å²) < 4.78 is 0. The van der Waals surface area contributed by atoms with E-state index in [9.17, 15) is 4.79 Å². The lowest BCUT2D eigenvalue weighted by Crippen LogP contribution is -2.40. The van der Waals surface area contributed by atoms with Gasteiger partial charge in [0.05, 0.1) is 0 Å². The Morgan fingerprint density at radius 3 is 2.80 bits per heavy atom. The van der Waals surface area contributed by atoms with Crippen molar-refractivity contribution >= 4 is 5.91 Å². The van der Waals surface area contributed by atoms with E-state index in [1.807, 2.05) is 4.90 Å². The first kappa shape index (κ1) is 15.0. The summed E-state index contributed by atoms with van der Waals surface area (Å²) >= 11 is 0. The Hall–Kier alpha value is -1.35. The van der Waals surface area contributed by atoms with Crippen LogP contribution in [0, 0.1) is 12.8 Å². The molecule has 0 saturated carbocycles. The molecule has 1 amide bonds. The van der Waals surface area contributed by atoms with Crippen molar-refractivity contribution < 1.29 is 9.90 Å². The van der Waals surface area contributed by atoms with Gasteiger partial charge in [-0.25, -0.2) is 0 Å². The second kappa shape index (κ2) is 7.44. The highest BCUT2D eigenvalue weighted by Crippen LogP contribution is 2.20. The normalized spacial score (nSPS) is 19.1. The maximum Gasteiger partial charge on any atom is 0.222 e. The van der Waals surface area contributed by atoms with Crippen LogP contribution < -0.4 is 0 Å². The highest BCUT2D eigenvalue weighted by Gasteiger charge is 2.22. The van der Waals surface area contributed by atoms with Gasteiger partial charge in [0.1, 0.15) is 0 Å². The topological polar surface area (TPSA) is 40.5 Å². The number of carbonyl (C=O) groups is 1. The molecule has 0 aliphatic carbocycles. The number of rotatable bonds is 5. The van der Waals surface area contributed by atoms with Crippen molar-refractivity contribution in [3.63, 3.8) is 0 Å². The van der Waals surface area contributed by atoms with E-state index < -0.39 is 0 Å². The summed E-state index contributed by atoms with van der Waals surface area (Å²) in [5.74, 6) is 0.741. The van der Waals surface area contributed by atoms with Crippen LogP contribution in [0.25, 0.3) is 0 Å². The minimum Gasteiger partial charge on any atom is -0.396 e. The molecule has 1 aliphatic heterocycles. The SMILES string of the molecule is Cc1ccc(CCC(=O)N2CCCC(CCO)C2)cc1. The molecule has 1 aromatic rings. The molecule has 3 heteroatoms. The smallest absolute Gasteiger partial charge is 0.222 e. The molecule has 110 valence electrons. The number of hydrogen-bond donors (Lipinski definition) is 1. The molecular formula is C17H25NO2. The van der Waals surface area contributed by atoms with E-state index in [1.54, 1.807) is 0 Å². The average Bonchev–Trinajstić information content (AvgIpc) is 2.47. The maximum absolute atomic E-state index is 12.3. The van der Waals surface area contributed by atoms with Crippen LogP contribution in [0.5, 0.6) is 0 Å². The van der Waals surface area contributed by atoms with Crippen LogP contribution in [0.1, 0.15) is 36.8 Å². The van der Waals surface area contributed by atoms with E-state index in [2.05, 4.69) is 31.2 Å². The van der Waals surface area contributed by atoms with Crippen LogP contribution in [0.3, 0.4) is 0 Å². The fraction of sp³-hybridized carbons (Fsp3) is 0.588. The second-order valence-electron chi connectivity index (χ2n) is 5.85. The zero-order valence-electron chi connectivity index (χ0n) is 12.3. The van der Waals surface area contributed by atoms with Crippen molar-refractivity contribution in [1.29, 1.82) is 0 Å². The van der Waals surface area contributed by atoms with Crippen molar-refractivity contribution in [2.75, 3.05) is 19.7 Å². The first-order valence-corrected chi connectivity index (χ1v) is 7.63. The van der Waals surface area contributed by atoms with Crippen LogP contribution in [0.2, 0.25) is 0 Å². The average molecular weight is 275 g/mol. The molecule has 1 saturated heterocycles. The summed E-state index contributed by atoms with van der Waals surface area (Å²) in [4.78, 5) is 14.2. The zero-order chi connectivity index (χ0) is 14.4. The zero-order valence-corrected chi connectivity index (χ0v) is 12.3. The Morgan fingerprint density at radius 1 is 1.35 bits per heavy atom. The molecule has 1 fully saturated rings. The van der Waals surface area contributed by atoms with Crippen molar-refractivity contribution in [3.05, 3.63) is 35.4 Å². The molecule has 1 atom stereocenters. The standard InChI is InChI=1S/C17H25NO2/c1-14-4-6-15(7-5-14)8-9-17(20)18-11-2-3-16(13-18)10-12-19/h4-7,16,19H,2-3,8-13H2,1H3. The first-order valence-electron chi connectivity index (χ1n) is 7.63. The molecule has 1 N–H and O–H groups in total. The lowest BCUT2D eigenvalue weighted by molar-refractivity contribution is -0.133. The number of hydrogen-bond acceptors (Lipinski definition) is 2. The quantitative estimate of drug-likeness (QED) is 0.897. The van der Waals surface area contributed by atoms with Gasteiger partial charge in [-0.1, -0.05) is 29.8 Å². The van der Waals surface area contributed by atoms with E-state index in [-0.39, 0.29) is 12.5 Å². The van der Waals surface area contributed by atoms with Gasteiger partial charge in [-0.3, -0.25) is 4.79 Å². The highest BCUT2D eigenvalue weighted by atomic mass is 16.3. The molecule has 0 spiro atoms. The molecule has 0 radical (unpaired) electrons. The molecule has 1 aromatic carbocycles. The molecule has 1 heterocycles. The molecule has 1 unspecified atom stereocenters. The minimum atomic E-state index is 0.232. The van der Waals surface area contributed by atoms with Gasteiger partial charge < -0.3 is 10.0 Å². The number of piperidine rings is 1. The molecule has 1 aliphatic rings. The molecule has 20 heavy (non-hydrogen) atoms. The van der Waals surface area contributed by atoms with Gasteiger partial charge in [-0.15, -0.1) is 0 Å². The molecule has 0 aromatic heterocycles. The highest BCUT2D eigenvalue weighted by molar-refractivity contribution is 5.76. The number of nitrogens with zero attached hydrogens (tertiary/aromatic N) is 1. The van der Waals surface area contributed by atoms with Gasteiger partial charge in [-0.2, -0.15) is 0 Å². The lowest BCUT2D eigenvalue weighted by Gasteiger charge is -2.32. The van der Waals surface area contributed by atoms with Crippen molar-refractivity contribution in [2.45, 2.75) is 39.0 Å². The van der Waals surface area contributed by atoms with Crippen LogP contribution in [-0.4, -0.2) is 35.6 Å². The molecular weight excluding hydrogens is 250 g/mol. The molecule has 2 rings (SSSR count). The lowest BCUT2D eigenvalue weighted by atomic mass is 9.95. The number of amides is 1. The van der Waals surface area contributed by atoms with E-state index in [4.69, 9.17) is 5.11 Å². The van der Waals surface area contributed by atoms with E-state index in [0.717, 1.165) is 38.8 Å². The van der Waals surface area contributed by atoms with Gasteiger partial charge >= 0.3 is 0 Å². The Labute approximate surface area is 121 Å². The van der Waals surface area contributed by atoms with E-state index in [0.29, 0.717) is 12.3 Å². The Balaban J connectivity index is 1.80. The van der Waals surface area contributed by atoms with Gasteiger partial charge in [0.25, 0.3) is 0 Å². The third-order valence-corrected chi connectivity index (χ3v) is 4.16. The Morgan fingerprint density at radius 2 is 2.10 bits per heavy atom. The number of aliphatic hydroxyl groups excluding tert-OH is 1. The van der Waals surface area contributed by atoms with Gasteiger partial charge in [-0.05, 0) is 44.1 Å². The van der Waals surface area contributed by atoms with Gasteiger partial charge in [0.2, 0.25) is 5.91 Å². The number of likely N-dealkylation sites (tertiary alicyclic amines) is 1. The first-order chi connectivity index (χ1) is 9.69. The number of aliphatic hydroxyl groups is 1. The summed E-state index contributed by atoms with van der Waals surface area (Å²) in [5, 5.41) is 9.01. The third kappa shape index (κ3) is 4.34. The number of carbonyl (C=O) groups excluding carboxylic acids is 1. The van der Waals surface area contributed by atoms with E-state index >= 15 is 0 Å². The largest absolute Gasteiger partial charge is 0.396 e. The van der Waals surface area contributed by atoms with Crippen molar-refractivity contribution in [1.82, 2.24) is 4.90 Å². The third-order valence-electron chi connectivity index (χ3n) is 4.16. The monoisotopic (exact) mass is 275 g/mol. The van der Waals surface area contributed by atoms with Crippen LogP contribution in [0.4, 0.5) is 0 Å². The van der Waals surface area contributed by atoms with Gasteiger partial charge in [0, 0.05) is 26.1 Å².